The van der Waals surface area contributed by atoms with Crippen LogP contribution >= 0.6 is 11.8 Å². The van der Waals surface area contributed by atoms with Gasteiger partial charge in [0.15, 0.2) is 0 Å². The smallest absolute Gasteiger partial charge is 0.392 e. The predicted octanol–water partition coefficient (Wildman–Crippen LogP) is 1.35. The monoisotopic (exact) mass is 446 g/mol. The SMILES string of the molecule is O=CN1CCN(c2nc(Nc3ccncc3)c([N+](=O)[O-])c([N+]3([O-])CCSCC3)n2)CC1. The number of anilines is 3. The molecule has 2 saturated heterocycles. The van der Waals surface area contributed by atoms with Crippen LogP contribution in [0.2, 0.25) is 0 Å². The van der Waals surface area contributed by atoms with Crippen LogP contribution in [0.3, 0.4) is 0 Å². The zero-order chi connectivity index (χ0) is 21.8. The van der Waals surface area contributed by atoms with Gasteiger partial charge in [-0.2, -0.15) is 21.7 Å². The number of quaternary nitrogens is 1. The van der Waals surface area contributed by atoms with Crippen molar-refractivity contribution in [3.8, 4) is 0 Å². The van der Waals surface area contributed by atoms with Crippen molar-refractivity contribution in [2.75, 3.05) is 61.0 Å². The molecule has 0 saturated carbocycles. The van der Waals surface area contributed by atoms with Gasteiger partial charge in [0, 0.05) is 55.8 Å². The molecule has 12 nitrogen and oxygen atoms in total. The lowest BCUT2D eigenvalue weighted by atomic mass is 10.3. The van der Waals surface area contributed by atoms with Crippen LogP contribution in [0.5, 0.6) is 0 Å². The minimum atomic E-state index is -0.863. The minimum absolute atomic E-state index is 0.0272. The Morgan fingerprint density at radius 3 is 2.42 bits per heavy atom. The van der Waals surface area contributed by atoms with Crippen LogP contribution in [0.15, 0.2) is 24.5 Å². The van der Waals surface area contributed by atoms with E-state index in [2.05, 4.69) is 20.3 Å². The summed E-state index contributed by atoms with van der Waals surface area (Å²) < 4.78 is -0.863. The summed E-state index contributed by atoms with van der Waals surface area (Å²) in [6.45, 7) is 2.32. The molecule has 0 unspecified atom stereocenters. The summed E-state index contributed by atoms with van der Waals surface area (Å²) in [5.74, 6) is 1.29. The van der Waals surface area contributed by atoms with Crippen LogP contribution in [0.1, 0.15) is 0 Å². The number of thioether (sulfide) groups is 1. The minimum Gasteiger partial charge on any atom is -0.626 e. The second-order valence-corrected chi connectivity index (χ2v) is 8.46. The van der Waals surface area contributed by atoms with Gasteiger partial charge in [0.2, 0.25) is 18.2 Å². The van der Waals surface area contributed by atoms with E-state index in [4.69, 9.17) is 0 Å². The Balaban J connectivity index is 1.80. The number of hydroxylamine groups is 2. The molecule has 164 valence electrons. The molecule has 2 aliphatic heterocycles. The zero-order valence-corrected chi connectivity index (χ0v) is 17.5. The molecule has 0 aromatic carbocycles. The highest BCUT2D eigenvalue weighted by atomic mass is 32.2. The van der Waals surface area contributed by atoms with Gasteiger partial charge in [-0.3, -0.25) is 19.9 Å². The van der Waals surface area contributed by atoms with Crippen LogP contribution < -0.4 is 14.9 Å². The molecular formula is C18H22N8O4S. The maximum atomic E-state index is 13.6. The zero-order valence-electron chi connectivity index (χ0n) is 16.7. The molecule has 4 rings (SSSR count). The summed E-state index contributed by atoms with van der Waals surface area (Å²) in [6.07, 6.45) is 3.90. The van der Waals surface area contributed by atoms with Crippen molar-refractivity contribution >= 4 is 47.1 Å². The van der Waals surface area contributed by atoms with Crippen LogP contribution in [0, 0.1) is 15.3 Å². The van der Waals surface area contributed by atoms with E-state index in [1.807, 2.05) is 4.90 Å². The summed E-state index contributed by atoms with van der Waals surface area (Å²) in [7, 11) is 0. The van der Waals surface area contributed by atoms with E-state index in [0.29, 0.717) is 43.4 Å². The molecule has 4 heterocycles. The van der Waals surface area contributed by atoms with Gasteiger partial charge in [-0.15, -0.1) is 0 Å². The van der Waals surface area contributed by atoms with E-state index in [1.54, 1.807) is 41.2 Å². The van der Waals surface area contributed by atoms with E-state index >= 15 is 0 Å². The normalized spacial score (nSPS) is 18.5. The summed E-state index contributed by atoms with van der Waals surface area (Å²) in [5.41, 5.74) is 0.153. The lowest BCUT2D eigenvalue weighted by Gasteiger charge is -2.43. The number of nitrogens with zero attached hydrogens (tertiary/aromatic N) is 7. The Bertz CT molecular complexity index is 949. The molecule has 0 spiro atoms. The van der Waals surface area contributed by atoms with Crippen LogP contribution in [0.25, 0.3) is 0 Å². The molecule has 1 amide bonds. The van der Waals surface area contributed by atoms with E-state index in [1.165, 1.54) is 0 Å². The average Bonchev–Trinajstić information content (AvgIpc) is 2.79. The fourth-order valence-electron chi connectivity index (χ4n) is 3.56. The molecule has 1 N–H and O–H groups in total. The molecular weight excluding hydrogens is 424 g/mol. The quantitative estimate of drug-likeness (QED) is 0.227. The topological polar surface area (TPSA) is 140 Å². The fraction of sp³-hybridized carbons (Fsp3) is 0.444. The highest BCUT2D eigenvalue weighted by molar-refractivity contribution is 7.99. The van der Waals surface area contributed by atoms with Gasteiger partial charge in [-0.1, -0.05) is 0 Å². The predicted molar refractivity (Wildman–Crippen MR) is 118 cm³/mol. The summed E-state index contributed by atoms with van der Waals surface area (Å²) in [4.78, 5) is 38.8. The Hall–Kier alpha value is -3.03. The molecule has 2 aliphatic rings. The summed E-state index contributed by atoms with van der Waals surface area (Å²) >= 11 is 1.65. The highest BCUT2D eigenvalue weighted by Gasteiger charge is 2.39. The van der Waals surface area contributed by atoms with Crippen molar-refractivity contribution in [1.29, 1.82) is 0 Å². The first-order valence-electron chi connectivity index (χ1n) is 9.84. The van der Waals surface area contributed by atoms with Gasteiger partial charge >= 0.3 is 11.5 Å². The molecule has 2 aromatic rings. The first-order valence-corrected chi connectivity index (χ1v) is 11.0. The highest BCUT2D eigenvalue weighted by Crippen LogP contribution is 2.40. The number of amides is 1. The van der Waals surface area contributed by atoms with Crippen molar-refractivity contribution in [3.05, 3.63) is 39.8 Å². The molecule has 0 aliphatic carbocycles. The molecule has 31 heavy (non-hydrogen) atoms. The van der Waals surface area contributed by atoms with Crippen LogP contribution in [-0.2, 0) is 4.79 Å². The Morgan fingerprint density at radius 2 is 1.81 bits per heavy atom. The molecule has 2 fully saturated rings. The number of carbonyl (C=O) groups is 1. The Kier molecular flexibility index (Phi) is 6.15. The van der Waals surface area contributed by atoms with Gasteiger partial charge in [-0.05, 0) is 12.1 Å². The number of hydrogen-bond acceptors (Lipinski definition) is 10. The maximum absolute atomic E-state index is 13.6. The second kappa shape index (κ2) is 8.99. The number of carbonyl (C=O) groups excluding carboxylic acids is 1. The maximum Gasteiger partial charge on any atom is 0.392 e. The van der Waals surface area contributed by atoms with Gasteiger partial charge < -0.3 is 25.0 Å². The van der Waals surface area contributed by atoms with Crippen LogP contribution in [-0.4, -0.2) is 82.0 Å². The van der Waals surface area contributed by atoms with Crippen molar-refractivity contribution in [1.82, 2.24) is 24.5 Å². The lowest BCUT2D eigenvalue weighted by Crippen LogP contribution is -2.51. The molecule has 0 atom stereocenters. The standard InChI is InChI=1S/C18H22N8O4S/c27-13-23-5-7-24(8-6-23)18-21-16(20-14-1-3-19-4-2-14)15(25(28)29)17(22-18)26(30)9-11-31-12-10-26/h1-4,13H,5-12H2,(H,19,20,21,22). The van der Waals surface area contributed by atoms with Gasteiger partial charge in [0.1, 0.15) is 0 Å². The van der Waals surface area contributed by atoms with Crippen molar-refractivity contribution in [3.63, 3.8) is 0 Å². The number of nitrogens with one attached hydrogen (secondary N) is 1. The largest absolute Gasteiger partial charge is 0.626 e. The summed E-state index contributed by atoms with van der Waals surface area (Å²) in [6, 6.07) is 3.32. The van der Waals surface area contributed by atoms with Gasteiger partial charge in [0.05, 0.1) is 18.0 Å². The number of rotatable bonds is 6. The van der Waals surface area contributed by atoms with E-state index in [-0.39, 0.29) is 30.7 Å². The third-order valence-corrected chi connectivity index (χ3v) is 6.25. The number of nitro groups is 1. The number of hydrogen-bond donors (Lipinski definition) is 1. The molecule has 2 aromatic heterocycles. The Labute approximate surface area is 182 Å². The van der Waals surface area contributed by atoms with Crippen molar-refractivity contribution in [2.24, 2.45) is 0 Å². The van der Waals surface area contributed by atoms with Crippen LogP contribution in [0.4, 0.5) is 29.0 Å². The third-order valence-electron chi connectivity index (χ3n) is 5.31. The first kappa shape index (κ1) is 21.2. The number of aromatic nitrogens is 3. The molecule has 0 radical (unpaired) electrons. The van der Waals surface area contributed by atoms with Crippen molar-refractivity contribution in [2.45, 2.75) is 0 Å². The van der Waals surface area contributed by atoms with E-state index in [9.17, 15) is 20.1 Å². The number of pyridine rings is 1. The summed E-state index contributed by atoms with van der Waals surface area (Å²) in [5, 5.41) is 28.6. The lowest BCUT2D eigenvalue weighted by molar-refractivity contribution is -0.384. The van der Waals surface area contributed by atoms with E-state index < -0.39 is 15.3 Å². The first-order chi connectivity index (χ1) is 15.0. The molecule has 0 bridgehead atoms. The Morgan fingerprint density at radius 1 is 1.13 bits per heavy atom. The average molecular weight is 446 g/mol. The number of piperazine rings is 1. The van der Waals surface area contributed by atoms with Gasteiger partial charge in [-0.25, -0.2) is 0 Å². The van der Waals surface area contributed by atoms with E-state index in [0.717, 1.165) is 6.41 Å². The third kappa shape index (κ3) is 4.52. The second-order valence-electron chi connectivity index (χ2n) is 7.24. The van der Waals surface area contributed by atoms with Crippen molar-refractivity contribution < 1.29 is 9.72 Å². The fourth-order valence-corrected chi connectivity index (χ4v) is 4.61. The molecule has 13 heteroatoms. The van der Waals surface area contributed by atoms with Gasteiger partial charge in [0.25, 0.3) is 0 Å².